The van der Waals surface area contributed by atoms with Gasteiger partial charge in [-0.05, 0) is 19.1 Å². The Balaban J connectivity index is 0.00000225. The molecular formula is C10H11CuNO4. The number of hydrogen-bond donors (Lipinski definition) is 3. The Morgan fingerprint density at radius 1 is 1.38 bits per heavy atom. The first-order valence-electron chi connectivity index (χ1n) is 4.26. The van der Waals surface area contributed by atoms with Gasteiger partial charge in [-0.3, -0.25) is 9.79 Å². The summed E-state index contributed by atoms with van der Waals surface area (Å²) >= 11 is 0. The first kappa shape index (κ1) is 14.5. The number of carboxylic acids is 1. The Morgan fingerprint density at radius 2 is 2.00 bits per heavy atom. The molecule has 0 heterocycles. The number of phenols is 2. The molecule has 0 aromatic heterocycles. The number of benzene rings is 1. The Bertz CT molecular complexity index is 417. The van der Waals surface area contributed by atoms with Crippen LogP contribution in [0.15, 0.2) is 23.2 Å². The molecule has 0 spiro atoms. The summed E-state index contributed by atoms with van der Waals surface area (Å²) in [7, 11) is 0. The van der Waals surface area contributed by atoms with Crippen LogP contribution >= 0.6 is 0 Å². The van der Waals surface area contributed by atoms with Crippen LogP contribution in [0, 0.1) is 0 Å². The molecule has 0 bridgehead atoms. The van der Waals surface area contributed by atoms with Gasteiger partial charge >= 0.3 is 5.97 Å². The second kappa shape index (κ2) is 6.15. The summed E-state index contributed by atoms with van der Waals surface area (Å²) < 4.78 is 0. The van der Waals surface area contributed by atoms with Crippen molar-refractivity contribution in [3.8, 4) is 11.5 Å². The molecule has 0 aliphatic rings. The number of aliphatic imine (C=N–C) groups is 1. The summed E-state index contributed by atoms with van der Waals surface area (Å²) in [5.74, 6) is -1.21. The van der Waals surface area contributed by atoms with Crippen molar-refractivity contribution in [2.45, 2.75) is 6.92 Å². The van der Waals surface area contributed by atoms with Gasteiger partial charge in [0.05, 0.1) is 0 Å². The normalized spacial score (nSPS) is 10.7. The number of rotatable bonds is 3. The van der Waals surface area contributed by atoms with Gasteiger partial charge < -0.3 is 15.3 Å². The Morgan fingerprint density at radius 3 is 2.50 bits per heavy atom. The molecule has 91 valence electrons. The quantitative estimate of drug-likeness (QED) is 0.565. The van der Waals surface area contributed by atoms with Crippen molar-refractivity contribution in [3.63, 3.8) is 0 Å². The van der Waals surface area contributed by atoms with Gasteiger partial charge in [0.15, 0.2) is 0 Å². The van der Waals surface area contributed by atoms with Crippen molar-refractivity contribution < 1.29 is 37.2 Å². The Kier molecular flexibility index (Phi) is 5.56. The zero-order valence-corrected chi connectivity index (χ0v) is 9.38. The van der Waals surface area contributed by atoms with E-state index in [-0.39, 0.29) is 35.1 Å². The number of aromatic hydroxyl groups is 2. The van der Waals surface area contributed by atoms with E-state index in [1.165, 1.54) is 18.2 Å². The summed E-state index contributed by atoms with van der Waals surface area (Å²) in [4.78, 5) is 14.0. The maximum absolute atomic E-state index is 10.3. The summed E-state index contributed by atoms with van der Waals surface area (Å²) in [5, 5.41) is 26.9. The van der Waals surface area contributed by atoms with Crippen LogP contribution in [0.4, 0.5) is 0 Å². The fraction of sp³-hybridized carbons (Fsp3) is 0.200. The largest absolute Gasteiger partial charge is 0.508 e. The summed E-state index contributed by atoms with van der Waals surface area (Å²) in [6.07, 6.45) is 0. The predicted molar refractivity (Wildman–Crippen MR) is 54.5 cm³/mol. The summed E-state index contributed by atoms with van der Waals surface area (Å²) in [5.41, 5.74) is 0.823. The Labute approximate surface area is 103 Å². The molecule has 16 heavy (non-hydrogen) atoms. The molecule has 1 aromatic rings. The first-order chi connectivity index (χ1) is 7.00. The van der Waals surface area contributed by atoms with Crippen LogP contribution in [-0.4, -0.2) is 33.5 Å². The van der Waals surface area contributed by atoms with Crippen LogP contribution in [0.2, 0.25) is 0 Å². The van der Waals surface area contributed by atoms with Crippen LogP contribution in [0.1, 0.15) is 12.5 Å². The van der Waals surface area contributed by atoms with E-state index < -0.39 is 5.97 Å². The van der Waals surface area contributed by atoms with Gasteiger partial charge in [-0.25, -0.2) is 0 Å². The maximum Gasteiger partial charge on any atom is 0.325 e. The van der Waals surface area contributed by atoms with Crippen molar-refractivity contribution in [3.05, 3.63) is 23.8 Å². The molecule has 0 saturated carbocycles. The summed E-state index contributed by atoms with van der Waals surface area (Å²) in [6, 6.07) is 4.05. The van der Waals surface area contributed by atoms with E-state index in [0.717, 1.165) is 0 Å². The zero-order valence-electron chi connectivity index (χ0n) is 8.44. The third-order valence-electron chi connectivity index (χ3n) is 1.82. The van der Waals surface area contributed by atoms with Gasteiger partial charge in [0.25, 0.3) is 0 Å². The van der Waals surface area contributed by atoms with Gasteiger partial charge in [0, 0.05) is 34.4 Å². The number of hydrogen-bond acceptors (Lipinski definition) is 4. The third-order valence-corrected chi connectivity index (χ3v) is 1.82. The minimum atomic E-state index is -1.03. The van der Waals surface area contributed by atoms with Crippen LogP contribution in [0.25, 0.3) is 0 Å². The number of carboxylic acid groups (broad SMARTS) is 1. The van der Waals surface area contributed by atoms with E-state index in [0.29, 0.717) is 11.3 Å². The molecule has 5 nitrogen and oxygen atoms in total. The van der Waals surface area contributed by atoms with Crippen LogP contribution < -0.4 is 0 Å². The van der Waals surface area contributed by atoms with Gasteiger partial charge in [0.2, 0.25) is 0 Å². The number of aliphatic carboxylic acids is 1. The predicted octanol–water partition coefficient (Wildman–Crippen LogP) is 0.989. The van der Waals surface area contributed by atoms with Crippen molar-refractivity contribution in [2.24, 2.45) is 4.99 Å². The van der Waals surface area contributed by atoms with Crippen molar-refractivity contribution >= 4 is 11.7 Å². The molecular weight excluding hydrogens is 262 g/mol. The number of phenolic OH excluding ortho intramolecular Hbond substituents is 2. The van der Waals surface area contributed by atoms with Gasteiger partial charge in [-0.1, -0.05) is 0 Å². The van der Waals surface area contributed by atoms with Crippen LogP contribution in [-0.2, 0) is 21.9 Å². The molecule has 0 amide bonds. The fourth-order valence-electron chi connectivity index (χ4n) is 1.10. The maximum atomic E-state index is 10.3. The minimum Gasteiger partial charge on any atom is -0.508 e. The first-order valence-corrected chi connectivity index (χ1v) is 4.26. The van der Waals surface area contributed by atoms with Crippen molar-refractivity contribution in [1.29, 1.82) is 0 Å². The molecule has 6 heteroatoms. The SMILES string of the molecule is CC(=NCC(=O)O)c1ccc(O)cc1O.[Cu]. The van der Waals surface area contributed by atoms with E-state index in [9.17, 15) is 9.90 Å². The molecule has 0 atom stereocenters. The molecule has 1 aromatic carbocycles. The molecule has 1 radical (unpaired) electrons. The topological polar surface area (TPSA) is 90.1 Å². The van der Waals surface area contributed by atoms with E-state index >= 15 is 0 Å². The van der Waals surface area contributed by atoms with Crippen LogP contribution in [0.3, 0.4) is 0 Å². The minimum absolute atomic E-state index is 0. The summed E-state index contributed by atoms with van der Waals surface area (Å²) in [6.45, 7) is 1.25. The molecule has 0 saturated heterocycles. The van der Waals surface area contributed by atoms with Crippen molar-refractivity contribution in [2.75, 3.05) is 6.54 Å². The zero-order chi connectivity index (χ0) is 11.4. The second-order valence-electron chi connectivity index (χ2n) is 3.00. The van der Waals surface area contributed by atoms with E-state index in [1.807, 2.05) is 0 Å². The molecule has 0 aliphatic heterocycles. The monoisotopic (exact) mass is 272 g/mol. The van der Waals surface area contributed by atoms with E-state index in [1.54, 1.807) is 6.92 Å². The fourth-order valence-corrected chi connectivity index (χ4v) is 1.10. The molecule has 0 fully saturated rings. The smallest absolute Gasteiger partial charge is 0.325 e. The van der Waals surface area contributed by atoms with E-state index in [2.05, 4.69) is 4.99 Å². The number of carbonyl (C=O) groups is 1. The molecule has 0 unspecified atom stereocenters. The average Bonchev–Trinajstić information content (AvgIpc) is 2.14. The molecule has 0 aliphatic carbocycles. The van der Waals surface area contributed by atoms with Gasteiger partial charge in [-0.15, -0.1) is 0 Å². The molecule has 3 N–H and O–H groups in total. The van der Waals surface area contributed by atoms with Crippen molar-refractivity contribution in [1.82, 2.24) is 0 Å². The average molecular weight is 273 g/mol. The standard InChI is InChI=1S/C10H11NO4.Cu/c1-6(11-5-10(14)15)8-3-2-7(12)4-9(8)13;/h2-4,12-13H,5H2,1H3,(H,14,15);. The van der Waals surface area contributed by atoms with Crippen LogP contribution in [0.5, 0.6) is 11.5 Å². The number of nitrogens with zero attached hydrogens (tertiary/aromatic N) is 1. The van der Waals surface area contributed by atoms with Gasteiger partial charge in [0.1, 0.15) is 18.0 Å². The second-order valence-corrected chi connectivity index (χ2v) is 3.00. The third kappa shape index (κ3) is 3.92. The molecule has 1 rings (SSSR count). The van der Waals surface area contributed by atoms with Gasteiger partial charge in [-0.2, -0.15) is 0 Å². The Hall–Kier alpha value is -1.52. The van der Waals surface area contributed by atoms with E-state index in [4.69, 9.17) is 10.2 Å².